The van der Waals surface area contributed by atoms with Crippen LogP contribution in [-0.4, -0.2) is 6.04 Å². The molecule has 2 atom stereocenters. The van der Waals surface area contributed by atoms with Gasteiger partial charge in [0, 0.05) is 24.1 Å². The number of piperidine rings is 1. The molecule has 8 heavy (non-hydrogen) atoms. The average Bonchev–Trinajstić information content (AvgIpc) is 2.34. The Morgan fingerprint density at radius 3 is 2.75 bits per heavy atom. The van der Waals surface area contributed by atoms with Crippen LogP contribution in [0, 0.1) is 5.92 Å². The lowest BCUT2D eigenvalue weighted by Crippen LogP contribution is -2.39. The van der Waals surface area contributed by atoms with E-state index in [9.17, 15) is 0 Å². The Morgan fingerprint density at radius 2 is 2.38 bits per heavy atom. The van der Waals surface area contributed by atoms with Crippen molar-refractivity contribution in [3.8, 4) is 0 Å². The van der Waals surface area contributed by atoms with Crippen molar-refractivity contribution in [2.75, 3.05) is 0 Å². The molecule has 0 spiro atoms. The molecule has 0 amide bonds. The van der Waals surface area contributed by atoms with Crippen LogP contribution in [0.5, 0.6) is 0 Å². The highest BCUT2D eigenvalue weighted by Crippen LogP contribution is 2.51. The number of allylic oxidation sites excluding steroid dienone is 1. The highest BCUT2D eigenvalue weighted by molar-refractivity contribution is 5.43. The minimum absolute atomic E-state index is 0.897. The smallest absolute Gasteiger partial charge is 0.0324 e. The molecular formula is C7H9N. The maximum Gasteiger partial charge on any atom is 0.0324 e. The summed E-state index contributed by atoms with van der Waals surface area (Å²) >= 11 is 0. The molecule has 3 aliphatic rings. The van der Waals surface area contributed by atoms with Gasteiger partial charge in [0.2, 0.25) is 0 Å². The van der Waals surface area contributed by atoms with Gasteiger partial charge in [-0.15, -0.1) is 0 Å². The second kappa shape index (κ2) is 0.831. The van der Waals surface area contributed by atoms with E-state index < -0.39 is 0 Å². The largest absolute Gasteiger partial charge is 0.385 e. The summed E-state index contributed by atoms with van der Waals surface area (Å²) in [4.78, 5) is 0. The van der Waals surface area contributed by atoms with Crippen LogP contribution in [0.2, 0.25) is 0 Å². The van der Waals surface area contributed by atoms with E-state index in [1.165, 1.54) is 19.3 Å². The summed E-state index contributed by atoms with van der Waals surface area (Å²) in [7, 11) is 0. The Morgan fingerprint density at radius 1 is 1.38 bits per heavy atom. The first-order chi connectivity index (χ1) is 3.95. The van der Waals surface area contributed by atoms with Crippen LogP contribution in [-0.2, 0) is 0 Å². The van der Waals surface area contributed by atoms with Crippen molar-refractivity contribution < 1.29 is 0 Å². The van der Waals surface area contributed by atoms with E-state index in [-0.39, 0.29) is 0 Å². The van der Waals surface area contributed by atoms with Gasteiger partial charge in [-0.3, -0.25) is 0 Å². The zero-order valence-corrected chi connectivity index (χ0v) is 4.78. The summed E-state index contributed by atoms with van der Waals surface area (Å²) < 4.78 is 0. The third kappa shape index (κ3) is 0.225. The van der Waals surface area contributed by atoms with E-state index >= 15 is 0 Å². The van der Waals surface area contributed by atoms with Gasteiger partial charge < -0.3 is 5.32 Å². The van der Waals surface area contributed by atoms with Crippen LogP contribution in [0.25, 0.3) is 0 Å². The molecule has 1 heterocycles. The van der Waals surface area contributed by atoms with Crippen molar-refractivity contribution in [3.05, 3.63) is 11.3 Å². The first-order valence-corrected chi connectivity index (χ1v) is 3.43. The van der Waals surface area contributed by atoms with Crippen molar-refractivity contribution in [2.24, 2.45) is 5.92 Å². The summed E-state index contributed by atoms with van der Waals surface area (Å²) in [6, 6.07) is 0.897. The maximum atomic E-state index is 3.51. The van der Waals surface area contributed by atoms with Gasteiger partial charge in [-0.2, -0.15) is 0 Å². The third-order valence-corrected chi connectivity index (χ3v) is 2.71. The molecule has 0 aromatic heterocycles. The van der Waals surface area contributed by atoms with Crippen LogP contribution >= 0.6 is 0 Å². The van der Waals surface area contributed by atoms with E-state index in [1.54, 1.807) is 11.3 Å². The maximum absolute atomic E-state index is 3.51. The third-order valence-electron chi connectivity index (χ3n) is 2.71. The van der Waals surface area contributed by atoms with Crippen LogP contribution in [0.3, 0.4) is 0 Å². The first-order valence-electron chi connectivity index (χ1n) is 3.43. The zero-order chi connectivity index (χ0) is 5.14. The summed E-state index contributed by atoms with van der Waals surface area (Å²) in [5.74, 6) is 1.00. The van der Waals surface area contributed by atoms with Gasteiger partial charge in [0.25, 0.3) is 0 Å². The van der Waals surface area contributed by atoms with Crippen molar-refractivity contribution in [3.63, 3.8) is 0 Å². The van der Waals surface area contributed by atoms with Crippen molar-refractivity contribution in [1.82, 2.24) is 5.32 Å². The standard InChI is InChI=1S/C7H9N/c1-2-6-4(1)5-3-7(5)8-6/h4,6,8H,1-3H2. The molecule has 1 saturated carbocycles. The lowest BCUT2D eigenvalue weighted by atomic mass is 9.79. The Hall–Kier alpha value is -0.460. The summed E-state index contributed by atoms with van der Waals surface area (Å²) in [5, 5.41) is 3.51. The van der Waals surface area contributed by atoms with Gasteiger partial charge in [0.15, 0.2) is 0 Å². The Bertz CT molecular complexity index is 181. The summed E-state index contributed by atoms with van der Waals surface area (Å²) in [6.07, 6.45) is 4.23. The number of fused-ring (bicyclic) bond motifs is 2. The van der Waals surface area contributed by atoms with Gasteiger partial charge in [-0.25, -0.2) is 0 Å². The monoisotopic (exact) mass is 107 g/mol. The zero-order valence-electron chi connectivity index (χ0n) is 4.78. The minimum Gasteiger partial charge on any atom is -0.385 e. The molecule has 1 nitrogen and oxygen atoms in total. The summed E-state index contributed by atoms with van der Waals surface area (Å²) in [6.45, 7) is 0. The van der Waals surface area contributed by atoms with E-state index in [4.69, 9.17) is 0 Å². The average molecular weight is 107 g/mol. The predicted octanol–water partition coefficient (Wildman–Crippen LogP) is 1.03. The number of hydrogen-bond donors (Lipinski definition) is 1. The second-order valence-electron chi connectivity index (χ2n) is 3.12. The number of rotatable bonds is 0. The van der Waals surface area contributed by atoms with Gasteiger partial charge >= 0.3 is 0 Å². The van der Waals surface area contributed by atoms with Crippen molar-refractivity contribution in [1.29, 1.82) is 0 Å². The van der Waals surface area contributed by atoms with Crippen LogP contribution in [0.4, 0.5) is 0 Å². The Balaban J connectivity index is 2.01. The van der Waals surface area contributed by atoms with Gasteiger partial charge in [0.05, 0.1) is 0 Å². The molecule has 1 N–H and O–H groups in total. The fraction of sp³-hybridized carbons (Fsp3) is 0.714. The quantitative estimate of drug-likeness (QED) is 0.487. The molecule has 0 radical (unpaired) electrons. The number of nitrogens with one attached hydrogen (secondary N) is 1. The topological polar surface area (TPSA) is 12.0 Å². The highest BCUT2D eigenvalue weighted by Gasteiger charge is 2.47. The van der Waals surface area contributed by atoms with E-state index in [0.717, 1.165) is 12.0 Å². The summed E-state index contributed by atoms with van der Waals surface area (Å²) in [5.41, 5.74) is 3.36. The Kier molecular flexibility index (Phi) is 0.368. The van der Waals surface area contributed by atoms with Crippen LogP contribution in [0.1, 0.15) is 19.3 Å². The minimum atomic E-state index is 0.897. The lowest BCUT2D eigenvalue weighted by Gasteiger charge is -2.33. The molecule has 3 rings (SSSR count). The van der Waals surface area contributed by atoms with Crippen molar-refractivity contribution >= 4 is 0 Å². The van der Waals surface area contributed by atoms with Crippen molar-refractivity contribution in [2.45, 2.75) is 25.3 Å². The second-order valence-corrected chi connectivity index (χ2v) is 3.12. The van der Waals surface area contributed by atoms with Gasteiger partial charge in [-0.1, -0.05) is 0 Å². The van der Waals surface area contributed by atoms with Crippen LogP contribution < -0.4 is 5.32 Å². The first kappa shape index (κ1) is 3.54. The number of hydrogen-bond acceptors (Lipinski definition) is 1. The molecule has 0 aromatic carbocycles. The molecule has 0 saturated heterocycles. The molecule has 2 aliphatic carbocycles. The Labute approximate surface area is 48.8 Å². The molecular weight excluding hydrogens is 98.1 g/mol. The molecule has 2 unspecified atom stereocenters. The molecule has 0 aromatic rings. The SMILES string of the molecule is C1C2=C1C1CCC1N2. The molecule has 1 fully saturated rings. The van der Waals surface area contributed by atoms with E-state index in [0.29, 0.717) is 0 Å². The van der Waals surface area contributed by atoms with E-state index in [2.05, 4.69) is 5.32 Å². The van der Waals surface area contributed by atoms with Gasteiger partial charge in [0.1, 0.15) is 0 Å². The molecule has 0 bridgehead atoms. The molecule has 1 heteroatoms. The molecule has 42 valence electrons. The fourth-order valence-electron chi connectivity index (χ4n) is 1.96. The normalized spacial score (nSPS) is 47.0. The van der Waals surface area contributed by atoms with Crippen LogP contribution in [0.15, 0.2) is 11.3 Å². The lowest BCUT2D eigenvalue weighted by molar-refractivity contribution is 0.280. The highest BCUT2D eigenvalue weighted by atomic mass is 15.0. The predicted molar refractivity (Wildman–Crippen MR) is 31.3 cm³/mol. The fourth-order valence-corrected chi connectivity index (χ4v) is 1.96. The van der Waals surface area contributed by atoms with Gasteiger partial charge in [-0.05, 0) is 18.4 Å². The van der Waals surface area contributed by atoms with E-state index in [1.807, 2.05) is 0 Å². The molecule has 1 aliphatic heterocycles.